The first kappa shape index (κ1) is 17.3. The molecule has 0 aliphatic heterocycles. The van der Waals surface area contributed by atoms with Crippen molar-refractivity contribution in [1.29, 1.82) is 0 Å². The highest BCUT2D eigenvalue weighted by Gasteiger charge is 2.56. The lowest BCUT2D eigenvalue weighted by molar-refractivity contribution is 0.202. The fourth-order valence-electron chi connectivity index (χ4n) is 5.85. The molecule has 3 fully saturated rings. The van der Waals surface area contributed by atoms with Crippen LogP contribution in [0.4, 0.5) is 0 Å². The summed E-state index contributed by atoms with van der Waals surface area (Å²) in [5, 5.41) is 0. The van der Waals surface area contributed by atoms with E-state index < -0.39 is 0 Å². The van der Waals surface area contributed by atoms with Crippen LogP contribution in [0.2, 0.25) is 0 Å². The molecule has 0 amide bonds. The summed E-state index contributed by atoms with van der Waals surface area (Å²) in [4.78, 5) is 0. The van der Waals surface area contributed by atoms with Gasteiger partial charge in [0.05, 0.1) is 0 Å². The fourth-order valence-corrected chi connectivity index (χ4v) is 5.85. The Morgan fingerprint density at radius 3 is 2.39 bits per heavy atom. The average Bonchev–Trinajstić information content (AvgIpc) is 3.37. The summed E-state index contributed by atoms with van der Waals surface area (Å²) >= 11 is 0. The molecule has 6 atom stereocenters. The third kappa shape index (κ3) is 3.20. The molecule has 3 saturated carbocycles. The molecule has 3 aliphatic rings. The topological polar surface area (TPSA) is 0 Å². The fraction of sp³-hybridized carbons (Fsp3) is 0.826. The molecule has 6 unspecified atom stereocenters. The van der Waals surface area contributed by atoms with Gasteiger partial charge in [-0.25, -0.2) is 0 Å². The monoisotopic (exact) mass is 314 g/mol. The van der Waals surface area contributed by atoms with E-state index in [2.05, 4.69) is 46.8 Å². The summed E-state index contributed by atoms with van der Waals surface area (Å²) in [6.45, 7) is 11.9. The van der Waals surface area contributed by atoms with E-state index in [1.807, 2.05) is 11.1 Å². The third-order valence-electron chi connectivity index (χ3n) is 7.64. The first-order chi connectivity index (χ1) is 11.1. The molecule has 0 bridgehead atoms. The summed E-state index contributed by atoms with van der Waals surface area (Å²) in [5.41, 5.74) is 4.38. The van der Waals surface area contributed by atoms with Crippen molar-refractivity contribution in [1.82, 2.24) is 0 Å². The van der Waals surface area contributed by atoms with E-state index >= 15 is 0 Å². The summed E-state index contributed by atoms with van der Waals surface area (Å²) in [6.07, 6.45) is 15.9. The summed E-state index contributed by atoms with van der Waals surface area (Å²) in [6, 6.07) is 0. The van der Waals surface area contributed by atoms with Crippen molar-refractivity contribution < 1.29 is 0 Å². The second-order valence-corrected chi connectivity index (χ2v) is 8.86. The molecule has 0 nitrogen and oxygen atoms in total. The number of rotatable bonds is 8. The van der Waals surface area contributed by atoms with Gasteiger partial charge in [0.15, 0.2) is 0 Å². The Labute approximate surface area is 144 Å². The van der Waals surface area contributed by atoms with Gasteiger partial charge in [-0.3, -0.25) is 0 Å². The van der Waals surface area contributed by atoms with Crippen LogP contribution < -0.4 is 0 Å². The van der Waals surface area contributed by atoms with Gasteiger partial charge in [-0.15, -0.1) is 0 Å². The largest absolute Gasteiger partial charge is 0.0917 e. The van der Waals surface area contributed by atoms with Crippen LogP contribution in [-0.4, -0.2) is 0 Å². The summed E-state index contributed by atoms with van der Waals surface area (Å²) in [5.74, 6) is 4.99. The standard InChI is InChI=1S/C23H38/c1-6-10-11-20-17(8-3)21(20)14-23(5)15-22(23)18(9-4)19-13-12-16(19)7-2/h6,10,16-17,19-21H,7-9,11-15H2,1-5H3. The van der Waals surface area contributed by atoms with E-state index in [0.717, 1.165) is 29.6 Å². The van der Waals surface area contributed by atoms with E-state index in [9.17, 15) is 0 Å². The van der Waals surface area contributed by atoms with Crippen molar-refractivity contribution in [2.45, 2.75) is 86.0 Å². The minimum Gasteiger partial charge on any atom is -0.0917 e. The lowest BCUT2D eigenvalue weighted by Gasteiger charge is -2.38. The lowest BCUT2D eigenvalue weighted by Crippen LogP contribution is -2.27. The van der Waals surface area contributed by atoms with Crippen LogP contribution in [0.1, 0.15) is 86.0 Å². The predicted molar refractivity (Wildman–Crippen MR) is 101 cm³/mol. The van der Waals surface area contributed by atoms with E-state index in [-0.39, 0.29) is 0 Å². The molecule has 0 N–H and O–H groups in total. The van der Waals surface area contributed by atoms with Gasteiger partial charge in [0.2, 0.25) is 0 Å². The molecule has 0 radical (unpaired) electrons. The van der Waals surface area contributed by atoms with Gasteiger partial charge in [0, 0.05) is 0 Å². The summed E-state index contributed by atoms with van der Waals surface area (Å²) < 4.78 is 0. The minimum absolute atomic E-state index is 0.585. The van der Waals surface area contributed by atoms with Crippen LogP contribution in [0.25, 0.3) is 0 Å². The van der Waals surface area contributed by atoms with E-state index in [4.69, 9.17) is 0 Å². The molecule has 0 heteroatoms. The van der Waals surface area contributed by atoms with Crippen molar-refractivity contribution in [3.8, 4) is 0 Å². The zero-order valence-corrected chi connectivity index (χ0v) is 16.2. The minimum atomic E-state index is 0.585. The number of allylic oxidation sites excluding steroid dienone is 4. The zero-order chi connectivity index (χ0) is 16.6. The smallest absolute Gasteiger partial charge is 0.00730 e. The molecule has 130 valence electrons. The summed E-state index contributed by atoms with van der Waals surface area (Å²) in [7, 11) is 0. The van der Waals surface area contributed by atoms with Gasteiger partial charge in [-0.2, -0.15) is 0 Å². The van der Waals surface area contributed by atoms with E-state index in [0.29, 0.717) is 5.41 Å². The molecule has 0 saturated heterocycles. The number of hydrogen-bond donors (Lipinski definition) is 0. The van der Waals surface area contributed by atoms with Gasteiger partial charge in [-0.1, -0.05) is 63.8 Å². The Kier molecular flexibility index (Phi) is 5.09. The third-order valence-corrected chi connectivity index (χ3v) is 7.64. The van der Waals surface area contributed by atoms with Crippen LogP contribution in [0.5, 0.6) is 0 Å². The molecule has 3 aliphatic carbocycles. The number of hydrogen-bond acceptors (Lipinski definition) is 0. The van der Waals surface area contributed by atoms with Crippen molar-refractivity contribution in [3.05, 3.63) is 23.3 Å². The van der Waals surface area contributed by atoms with Gasteiger partial charge < -0.3 is 0 Å². The molecule has 23 heavy (non-hydrogen) atoms. The maximum Gasteiger partial charge on any atom is -0.00730 e. The quantitative estimate of drug-likeness (QED) is 0.417. The van der Waals surface area contributed by atoms with Crippen molar-refractivity contribution >= 4 is 0 Å². The predicted octanol–water partition coefficient (Wildman–Crippen LogP) is 7.17. The van der Waals surface area contributed by atoms with Crippen LogP contribution in [0.3, 0.4) is 0 Å². The van der Waals surface area contributed by atoms with Gasteiger partial charge in [-0.05, 0) is 80.5 Å². The SMILES string of the molecule is CC=CCC1C(CC)C1CC1(C)CC1=C(CC)C1CCC1CC. The van der Waals surface area contributed by atoms with Gasteiger partial charge >= 0.3 is 0 Å². The lowest BCUT2D eigenvalue weighted by atomic mass is 9.67. The molecular formula is C23H38. The van der Waals surface area contributed by atoms with Crippen LogP contribution >= 0.6 is 0 Å². The molecule has 0 heterocycles. The van der Waals surface area contributed by atoms with E-state index in [1.165, 1.54) is 51.4 Å². The van der Waals surface area contributed by atoms with Gasteiger partial charge in [0.1, 0.15) is 0 Å². The Balaban J connectivity index is 1.64. The Bertz CT molecular complexity index is 480. The molecular weight excluding hydrogens is 276 g/mol. The zero-order valence-electron chi connectivity index (χ0n) is 16.2. The van der Waals surface area contributed by atoms with Crippen molar-refractivity contribution in [2.24, 2.45) is 35.0 Å². The molecule has 0 aromatic carbocycles. The molecule has 0 aromatic heterocycles. The Morgan fingerprint density at radius 2 is 1.87 bits per heavy atom. The van der Waals surface area contributed by atoms with Crippen molar-refractivity contribution in [3.63, 3.8) is 0 Å². The van der Waals surface area contributed by atoms with Crippen LogP contribution in [0, 0.1) is 35.0 Å². The first-order valence-electron chi connectivity index (χ1n) is 10.4. The molecule has 0 spiro atoms. The Hall–Kier alpha value is -0.520. The Morgan fingerprint density at radius 1 is 1.09 bits per heavy atom. The molecule has 0 aromatic rings. The highest BCUT2D eigenvalue weighted by atomic mass is 14.6. The highest BCUT2D eigenvalue weighted by Crippen LogP contribution is 2.66. The second-order valence-electron chi connectivity index (χ2n) is 8.86. The maximum atomic E-state index is 2.58. The normalized spacial score (nSPS) is 44.3. The first-order valence-corrected chi connectivity index (χ1v) is 10.4. The van der Waals surface area contributed by atoms with Crippen LogP contribution in [0.15, 0.2) is 23.3 Å². The highest BCUT2D eigenvalue weighted by molar-refractivity contribution is 5.39. The van der Waals surface area contributed by atoms with Crippen molar-refractivity contribution in [2.75, 3.05) is 0 Å². The molecule has 3 rings (SSSR count). The van der Waals surface area contributed by atoms with Crippen LogP contribution in [-0.2, 0) is 0 Å². The van der Waals surface area contributed by atoms with E-state index in [1.54, 1.807) is 0 Å². The second kappa shape index (κ2) is 6.77. The van der Waals surface area contributed by atoms with Gasteiger partial charge in [0.25, 0.3) is 0 Å². The maximum absolute atomic E-state index is 2.58. The average molecular weight is 315 g/mol.